The zero-order valence-corrected chi connectivity index (χ0v) is 17.6. The Morgan fingerprint density at radius 3 is 2.79 bits per heavy atom. The molecular formula is C20H25N3O3S2. The summed E-state index contributed by atoms with van der Waals surface area (Å²) in [6, 6.07) is 7.65. The Kier molecular flexibility index (Phi) is 5.53. The molecule has 1 aromatic heterocycles. The minimum Gasteiger partial charge on any atom is -0.301 e. The lowest BCUT2D eigenvalue weighted by Gasteiger charge is -2.33. The molecule has 150 valence electrons. The highest BCUT2D eigenvalue weighted by Crippen LogP contribution is 2.33. The average Bonchev–Trinajstić information content (AvgIpc) is 3.10. The van der Waals surface area contributed by atoms with Gasteiger partial charge in [-0.2, -0.15) is 4.31 Å². The van der Waals surface area contributed by atoms with E-state index in [0.717, 1.165) is 37.8 Å². The molecule has 2 aromatic rings. The topological polar surface area (TPSA) is 79.4 Å². The summed E-state index contributed by atoms with van der Waals surface area (Å²) in [6.07, 6.45) is 5.20. The van der Waals surface area contributed by atoms with Gasteiger partial charge in [0, 0.05) is 11.4 Å². The zero-order valence-electron chi connectivity index (χ0n) is 15.9. The van der Waals surface area contributed by atoms with Gasteiger partial charge < -0.3 is 5.32 Å². The third kappa shape index (κ3) is 3.86. The van der Waals surface area contributed by atoms with Crippen LogP contribution < -0.4 is 5.32 Å². The van der Waals surface area contributed by atoms with Crippen molar-refractivity contribution in [3.63, 3.8) is 0 Å². The predicted octanol–water partition coefficient (Wildman–Crippen LogP) is 3.45. The summed E-state index contributed by atoms with van der Waals surface area (Å²) in [6.45, 7) is 2.59. The zero-order chi connectivity index (χ0) is 19.7. The molecule has 2 heterocycles. The number of aryl methyl sites for hydroxylation is 1. The van der Waals surface area contributed by atoms with Crippen molar-refractivity contribution in [3.05, 3.63) is 40.9 Å². The van der Waals surface area contributed by atoms with Gasteiger partial charge in [0.25, 0.3) is 0 Å². The molecule has 1 N–H and O–H groups in total. The number of carbonyl (C=O) groups excluding carboxylic acids is 1. The smallest absolute Gasteiger partial charge is 0.244 e. The maximum Gasteiger partial charge on any atom is 0.244 e. The number of thiazole rings is 1. The Morgan fingerprint density at radius 2 is 2.00 bits per heavy atom. The molecule has 0 unspecified atom stereocenters. The fourth-order valence-electron chi connectivity index (χ4n) is 3.96. The van der Waals surface area contributed by atoms with Crippen LogP contribution in [0, 0.1) is 5.92 Å². The van der Waals surface area contributed by atoms with Crippen LogP contribution >= 0.6 is 11.3 Å². The number of piperidine rings is 1. The van der Waals surface area contributed by atoms with Crippen molar-refractivity contribution in [1.29, 1.82) is 0 Å². The summed E-state index contributed by atoms with van der Waals surface area (Å²) in [5, 5.41) is 3.49. The Labute approximate surface area is 170 Å². The van der Waals surface area contributed by atoms with Crippen molar-refractivity contribution >= 4 is 32.4 Å². The maximum absolute atomic E-state index is 13.1. The van der Waals surface area contributed by atoms with Crippen molar-refractivity contribution in [2.75, 3.05) is 11.9 Å². The number of amides is 1. The lowest BCUT2D eigenvalue weighted by molar-refractivity contribution is -0.120. The minimum absolute atomic E-state index is 0.230. The van der Waals surface area contributed by atoms with Crippen LogP contribution in [-0.4, -0.2) is 36.2 Å². The first-order valence-electron chi connectivity index (χ1n) is 9.81. The van der Waals surface area contributed by atoms with Gasteiger partial charge in [-0.25, -0.2) is 13.4 Å². The van der Waals surface area contributed by atoms with Gasteiger partial charge in [-0.3, -0.25) is 4.79 Å². The minimum atomic E-state index is -3.70. The molecule has 0 saturated carbocycles. The van der Waals surface area contributed by atoms with E-state index in [-0.39, 0.29) is 10.8 Å². The largest absolute Gasteiger partial charge is 0.301 e. The second-order valence-electron chi connectivity index (χ2n) is 7.67. The monoisotopic (exact) mass is 419 g/mol. The number of nitrogens with one attached hydrogen (secondary N) is 1. The lowest BCUT2D eigenvalue weighted by atomic mass is 9.93. The number of sulfonamides is 1. The fourth-order valence-corrected chi connectivity index (χ4v) is 6.82. The van der Waals surface area contributed by atoms with Crippen molar-refractivity contribution < 1.29 is 13.2 Å². The van der Waals surface area contributed by atoms with Crippen molar-refractivity contribution in [1.82, 2.24) is 9.29 Å². The van der Waals surface area contributed by atoms with Crippen LogP contribution in [0.1, 0.15) is 43.2 Å². The van der Waals surface area contributed by atoms with Gasteiger partial charge >= 0.3 is 0 Å². The number of hydrogen-bond acceptors (Lipinski definition) is 5. The number of nitrogens with zero attached hydrogens (tertiary/aromatic N) is 2. The van der Waals surface area contributed by atoms with E-state index < -0.39 is 16.1 Å². The van der Waals surface area contributed by atoms with Gasteiger partial charge in [0.1, 0.15) is 6.04 Å². The molecule has 0 spiro atoms. The number of hydrogen-bond donors (Lipinski definition) is 1. The van der Waals surface area contributed by atoms with E-state index in [1.54, 1.807) is 30.3 Å². The third-order valence-corrected chi connectivity index (χ3v) is 8.48. The van der Waals surface area contributed by atoms with E-state index in [4.69, 9.17) is 0 Å². The highest BCUT2D eigenvalue weighted by Gasteiger charge is 2.38. The second kappa shape index (κ2) is 7.93. The van der Waals surface area contributed by atoms with Crippen LogP contribution in [0.25, 0.3) is 0 Å². The van der Waals surface area contributed by atoms with Crippen molar-refractivity contribution in [3.8, 4) is 0 Å². The second-order valence-corrected chi connectivity index (χ2v) is 10.6. The SMILES string of the molecule is C[C@H]1CCc2nc(NC(=O)[C@@H]3CCCCN3S(=O)(=O)c3ccccc3)sc2C1. The lowest BCUT2D eigenvalue weighted by Crippen LogP contribution is -2.49. The molecule has 2 atom stereocenters. The molecular weight excluding hydrogens is 394 g/mol. The molecule has 1 aliphatic heterocycles. The van der Waals surface area contributed by atoms with Gasteiger partial charge in [0.15, 0.2) is 5.13 Å². The standard InChI is InChI=1S/C20H25N3O3S2/c1-14-10-11-16-18(13-14)27-20(21-16)22-19(24)17-9-5-6-12-23(17)28(25,26)15-7-3-2-4-8-15/h2-4,7-8,14,17H,5-6,9-13H2,1H3,(H,21,22,24)/t14-,17-/m0/s1. The summed E-state index contributed by atoms with van der Waals surface area (Å²) in [5.41, 5.74) is 1.08. The molecule has 0 bridgehead atoms. The molecule has 1 amide bonds. The first kappa shape index (κ1) is 19.5. The van der Waals surface area contributed by atoms with Gasteiger partial charge in [-0.15, -0.1) is 11.3 Å². The number of benzene rings is 1. The van der Waals surface area contributed by atoms with E-state index in [9.17, 15) is 13.2 Å². The van der Waals surface area contributed by atoms with E-state index in [1.807, 2.05) is 0 Å². The average molecular weight is 420 g/mol. The van der Waals surface area contributed by atoms with E-state index in [1.165, 1.54) is 20.5 Å². The van der Waals surface area contributed by atoms with Crippen LogP contribution in [0.2, 0.25) is 0 Å². The molecule has 1 saturated heterocycles. The highest BCUT2D eigenvalue weighted by molar-refractivity contribution is 7.89. The van der Waals surface area contributed by atoms with Crippen LogP contribution in [0.4, 0.5) is 5.13 Å². The summed E-state index contributed by atoms with van der Waals surface area (Å²) in [4.78, 5) is 19.0. The van der Waals surface area contributed by atoms with E-state index >= 15 is 0 Å². The van der Waals surface area contributed by atoms with Crippen molar-refractivity contribution in [2.24, 2.45) is 5.92 Å². The highest BCUT2D eigenvalue weighted by atomic mass is 32.2. The fraction of sp³-hybridized carbons (Fsp3) is 0.500. The summed E-state index contributed by atoms with van der Waals surface area (Å²) in [7, 11) is -3.70. The quantitative estimate of drug-likeness (QED) is 0.823. The molecule has 6 nitrogen and oxygen atoms in total. The molecule has 8 heteroatoms. The van der Waals surface area contributed by atoms with E-state index in [2.05, 4.69) is 17.2 Å². The van der Waals surface area contributed by atoms with Crippen LogP contribution in [0.5, 0.6) is 0 Å². The molecule has 1 aromatic carbocycles. The van der Waals surface area contributed by atoms with Crippen LogP contribution in [0.3, 0.4) is 0 Å². The van der Waals surface area contributed by atoms with Crippen molar-refractivity contribution in [2.45, 2.75) is 56.4 Å². The Morgan fingerprint density at radius 1 is 1.21 bits per heavy atom. The summed E-state index contributed by atoms with van der Waals surface area (Å²) in [5.74, 6) is 0.361. The summed E-state index contributed by atoms with van der Waals surface area (Å²) >= 11 is 1.53. The maximum atomic E-state index is 13.1. The first-order chi connectivity index (χ1) is 13.4. The Hall–Kier alpha value is -1.77. The van der Waals surface area contributed by atoms with Crippen LogP contribution in [0.15, 0.2) is 35.2 Å². The molecule has 28 heavy (non-hydrogen) atoms. The first-order valence-corrected chi connectivity index (χ1v) is 12.1. The molecule has 2 aliphatic rings. The number of fused-ring (bicyclic) bond motifs is 1. The van der Waals surface area contributed by atoms with E-state index in [0.29, 0.717) is 24.0 Å². The number of rotatable bonds is 4. The predicted molar refractivity (Wildman–Crippen MR) is 110 cm³/mol. The van der Waals surface area contributed by atoms with Gasteiger partial charge in [0.05, 0.1) is 10.6 Å². The third-order valence-electron chi connectivity index (χ3n) is 5.52. The number of carbonyl (C=O) groups is 1. The Bertz CT molecular complexity index is 956. The molecule has 0 radical (unpaired) electrons. The normalized spacial score (nSPS) is 23.2. The van der Waals surface area contributed by atoms with Crippen LogP contribution in [-0.2, 0) is 27.7 Å². The summed E-state index contributed by atoms with van der Waals surface area (Å²) < 4.78 is 27.5. The number of aromatic nitrogens is 1. The number of anilines is 1. The van der Waals surface area contributed by atoms with Gasteiger partial charge in [0.2, 0.25) is 15.9 Å². The molecule has 1 aliphatic carbocycles. The van der Waals surface area contributed by atoms with Gasteiger partial charge in [-0.05, 0) is 50.2 Å². The Balaban J connectivity index is 1.54. The van der Waals surface area contributed by atoms with Gasteiger partial charge in [-0.1, -0.05) is 31.5 Å². The molecule has 4 rings (SSSR count). The molecule has 1 fully saturated rings.